The van der Waals surface area contributed by atoms with Crippen molar-refractivity contribution in [1.29, 1.82) is 0 Å². The van der Waals surface area contributed by atoms with E-state index in [4.69, 9.17) is 4.74 Å². The molecule has 0 unspecified atom stereocenters. The molecule has 0 atom stereocenters. The van der Waals surface area contributed by atoms with Gasteiger partial charge in [0.25, 0.3) is 0 Å². The van der Waals surface area contributed by atoms with Crippen LogP contribution in [0.15, 0.2) is 0 Å². The van der Waals surface area contributed by atoms with E-state index < -0.39 is 0 Å². The fourth-order valence-electron chi connectivity index (χ4n) is 2.90. The number of nitrogens with zero attached hydrogens (tertiary/aromatic N) is 1. The molecule has 0 saturated heterocycles. The molecule has 0 heterocycles. The van der Waals surface area contributed by atoms with E-state index in [9.17, 15) is 9.59 Å². The Morgan fingerprint density at radius 3 is 2.00 bits per heavy atom. The number of amides is 1. The van der Waals surface area contributed by atoms with Crippen LogP contribution < -0.4 is 0 Å². The minimum absolute atomic E-state index is 0.000904. The van der Waals surface area contributed by atoms with Gasteiger partial charge in [-0.3, -0.25) is 9.59 Å². The third-order valence-corrected chi connectivity index (χ3v) is 4.70. The van der Waals surface area contributed by atoms with Crippen molar-refractivity contribution >= 4 is 11.9 Å². The van der Waals surface area contributed by atoms with E-state index in [2.05, 4.69) is 27.7 Å². The number of esters is 1. The minimum Gasteiger partial charge on any atom is -0.465 e. The number of hydrogen-bond donors (Lipinski definition) is 0. The van der Waals surface area contributed by atoms with Gasteiger partial charge in [-0.15, -0.1) is 0 Å². The zero-order chi connectivity index (χ0) is 14.8. The molecule has 1 aliphatic carbocycles. The predicted octanol–water partition coefficient (Wildman–Crippen LogP) is 2.47. The van der Waals surface area contributed by atoms with Crippen molar-refractivity contribution in [2.24, 2.45) is 16.7 Å². The lowest BCUT2D eigenvalue weighted by Gasteiger charge is -2.22. The molecule has 110 valence electrons. The van der Waals surface area contributed by atoms with E-state index in [1.54, 1.807) is 11.8 Å². The topological polar surface area (TPSA) is 46.6 Å². The Balaban J connectivity index is 2.73. The van der Waals surface area contributed by atoms with Crippen molar-refractivity contribution < 1.29 is 14.3 Å². The van der Waals surface area contributed by atoms with Gasteiger partial charge in [0.2, 0.25) is 5.91 Å². The Labute approximate surface area is 116 Å². The van der Waals surface area contributed by atoms with Crippen molar-refractivity contribution in [1.82, 2.24) is 4.90 Å². The van der Waals surface area contributed by atoms with E-state index in [0.717, 1.165) is 6.42 Å². The van der Waals surface area contributed by atoms with Crippen molar-refractivity contribution in [3.63, 3.8) is 0 Å². The molecule has 4 heteroatoms. The lowest BCUT2D eigenvalue weighted by Crippen LogP contribution is -2.39. The second kappa shape index (κ2) is 5.51. The molecule has 0 aromatic rings. The summed E-state index contributed by atoms with van der Waals surface area (Å²) in [7, 11) is 0. The van der Waals surface area contributed by atoms with Gasteiger partial charge < -0.3 is 9.64 Å². The molecule has 0 radical (unpaired) electrons. The monoisotopic (exact) mass is 269 g/mol. The van der Waals surface area contributed by atoms with E-state index in [1.807, 2.05) is 6.92 Å². The molecule has 1 fully saturated rings. The molecule has 4 nitrogen and oxygen atoms in total. The van der Waals surface area contributed by atoms with Crippen LogP contribution >= 0.6 is 0 Å². The first-order chi connectivity index (χ1) is 8.70. The Hall–Kier alpha value is -1.06. The highest BCUT2D eigenvalue weighted by atomic mass is 16.5. The summed E-state index contributed by atoms with van der Waals surface area (Å²) in [5.74, 6) is -0.230. The average molecular weight is 269 g/mol. The normalized spacial score (nSPS) is 19.9. The number of rotatable bonds is 6. The molecule has 1 aliphatic rings. The van der Waals surface area contributed by atoms with E-state index in [1.165, 1.54) is 0 Å². The molecule has 1 saturated carbocycles. The van der Waals surface area contributed by atoms with Gasteiger partial charge in [-0.1, -0.05) is 34.6 Å². The maximum atomic E-state index is 12.6. The molecule has 0 aromatic carbocycles. The largest absolute Gasteiger partial charge is 0.465 e. The molecule has 0 aliphatic heterocycles. The summed E-state index contributed by atoms with van der Waals surface area (Å²) < 4.78 is 4.94. The van der Waals surface area contributed by atoms with Crippen LogP contribution in [0.1, 0.15) is 48.0 Å². The lowest BCUT2D eigenvalue weighted by molar-refractivity contribution is -0.149. The van der Waals surface area contributed by atoms with Gasteiger partial charge in [0.1, 0.15) is 6.54 Å². The van der Waals surface area contributed by atoms with Gasteiger partial charge in [0.15, 0.2) is 0 Å². The zero-order valence-corrected chi connectivity index (χ0v) is 13.1. The number of carbonyl (C=O) groups is 2. The third kappa shape index (κ3) is 2.93. The predicted molar refractivity (Wildman–Crippen MR) is 74.6 cm³/mol. The van der Waals surface area contributed by atoms with Gasteiger partial charge >= 0.3 is 5.97 Å². The van der Waals surface area contributed by atoms with Crippen LogP contribution in [-0.4, -0.2) is 36.5 Å². The minimum atomic E-state index is -0.319. The third-order valence-electron chi connectivity index (χ3n) is 4.70. The van der Waals surface area contributed by atoms with E-state index in [-0.39, 0.29) is 35.2 Å². The van der Waals surface area contributed by atoms with Crippen LogP contribution in [0.3, 0.4) is 0 Å². The van der Waals surface area contributed by atoms with Crippen LogP contribution in [0.2, 0.25) is 0 Å². The van der Waals surface area contributed by atoms with Crippen molar-refractivity contribution in [2.75, 3.05) is 19.7 Å². The summed E-state index contributed by atoms with van der Waals surface area (Å²) in [6, 6.07) is 0. The summed E-state index contributed by atoms with van der Waals surface area (Å²) in [5, 5.41) is 0. The molecule has 0 aromatic heterocycles. The first-order valence-electron chi connectivity index (χ1n) is 7.14. The van der Waals surface area contributed by atoms with Crippen molar-refractivity contribution in [2.45, 2.75) is 48.0 Å². The van der Waals surface area contributed by atoms with Crippen LogP contribution in [0.5, 0.6) is 0 Å². The van der Waals surface area contributed by atoms with E-state index >= 15 is 0 Å². The fourth-order valence-corrected chi connectivity index (χ4v) is 2.90. The molecular formula is C15H27NO3. The van der Waals surface area contributed by atoms with Crippen LogP contribution in [0.25, 0.3) is 0 Å². The van der Waals surface area contributed by atoms with Crippen LogP contribution in [-0.2, 0) is 14.3 Å². The summed E-state index contributed by atoms with van der Waals surface area (Å²) in [6.07, 6.45) is 0.846. The van der Waals surface area contributed by atoms with Gasteiger partial charge in [-0.2, -0.15) is 0 Å². The molecular weight excluding hydrogens is 242 g/mol. The molecule has 0 N–H and O–H groups in total. The first kappa shape index (κ1) is 16.0. The maximum absolute atomic E-state index is 12.6. The molecule has 1 amide bonds. The van der Waals surface area contributed by atoms with Gasteiger partial charge in [0, 0.05) is 12.5 Å². The highest BCUT2D eigenvalue weighted by molar-refractivity contribution is 5.87. The fraction of sp³-hybridized carbons (Fsp3) is 0.867. The SMILES string of the molecule is CCCN(CC(=O)OCC)C(=O)C1C(C)(C)C1(C)C. The number of carbonyl (C=O) groups excluding carboxylic acids is 2. The van der Waals surface area contributed by atoms with E-state index in [0.29, 0.717) is 13.2 Å². The molecule has 1 rings (SSSR count). The highest BCUT2D eigenvalue weighted by Gasteiger charge is 2.68. The van der Waals surface area contributed by atoms with Crippen LogP contribution in [0.4, 0.5) is 0 Å². The summed E-state index contributed by atoms with van der Waals surface area (Å²) >= 11 is 0. The van der Waals surface area contributed by atoms with Crippen molar-refractivity contribution in [3.05, 3.63) is 0 Å². The van der Waals surface area contributed by atoms with Gasteiger partial charge in [-0.05, 0) is 24.2 Å². The maximum Gasteiger partial charge on any atom is 0.325 e. The number of hydrogen-bond acceptors (Lipinski definition) is 3. The summed E-state index contributed by atoms with van der Waals surface area (Å²) in [6.45, 7) is 13.3. The molecule has 19 heavy (non-hydrogen) atoms. The van der Waals surface area contributed by atoms with Gasteiger partial charge in [-0.25, -0.2) is 0 Å². The summed E-state index contributed by atoms with van der Waals surface area (Å²) in [4.78, 5) is 25.8. The molecule has 0 bridgehead atoms. The average Bonchev–Trinajstić information content (AvgIpc) is 2.68. The highest BCUT2D eigenvalue weighted by Crippen LogP contribution is 2.68. The van der Waals surface area contributed by atoms with Crippen molar-refractivity contribution in [3.8, 4) is 0 Å². The standard InChI is InChI=1S/C15H27NO3/c1-7-9-16(10-11(17)19-8-2)13(18)12-14(3,4)15(12,5)6/h12H,7-10H2,1-6H3. The Morgan fingerprint density at radius 1 is 1.11 bits per heavy atom. The smallest absolute Gasteiger partial charge is 0.325 e. The first-order valence-corrected chi connectivity index (χ1v) is 7.14. The van der Waals surface area contributed by atoms with Crippen LogP contribution in [0, 0.1) is 16.7 Å². The summed E-state index contributed by atoms with van der Waals surface area (Å²) in [5.41, 5.74) is 0.00940. The molecule has 0 spiro atoms. The Bertz CT molecular complexity index is 346. The number of ether oxygens (including phenoxy) is 1. The lowest BCUT2D eigenvalue weighted by atomic mass is 10.0. The Morgan fingerprint density at radius 2 is 1.63 bits per heavy atom. The quantitative estimate of drug-likeness (QED) is 0.696. The van der Waals surface area contributed by atoms with Gasteiger partial charge in [0.05, 0.1) is 6.61 Å². The Kier molecular flexibility index (Phi) is 4.64. The second-order valence-corrected chi connectivity index (χ2v) is 6.44. The zero-order valence-electron chi connectivity index (χ0n) is 13.1. The second-order valence-electron chi connectivity index (χ2n) is 6.44.